The Hall–Kier alpha value is -1.27. The molecule has 19 heavy (non-hydrogen) atoms. The number of hydrogen-bond acceptors (Lipinski definition) is 4. The Labute approximate surface area is 114 Å². The van der Waals surface area contributed by atoms with E-state index >= 15 is 0 Å². The number of primary sulfonamides is 1. The van der Waals surface area contributed by atoms with Crippen LogP contribution in [0.25, 0.3) is 0 Å². The van der Waals surface area contributed by atoms with Gasteiger partial charge in [-0.3, -0.25) is 0 Å². The minimum atomic E-state index is -3.68. The molecule has 0 aliphatic heterocycles. The van der Waals surface area contributed by atoms with Crippen LogP contribution in [-0.4, -0.2) is 15.0 Å². The Morgan fingerprint density at radius 3 is 2.53 bits per heavy atom. The van der Waals surface area contributed by atoms with Gasteiger partial charge >= 0.3 is 0 Å². The number of anilines is 2. The van der Waals surface area contributed by atoms with Crippen molar-refractivity contribution < 1.29 is 8.42 Å². The normalized spacial score (nSPS) is 16.7. The van der Waals surface area contributed by atoms with Gasteiger partial charge in [0.2, 0.25) is 10.0 Å². The third kappa shape index (κ3) is 3.84. The van der Waals surface area contributed by atoms with E-state index in [1.165, 1.54) is 37.8 Å². The van der Waals surface area contributed by atoms with Crippen LogP contribution in [0.4, 0.5) is 11.4 Å². The van der Waals surface area contributed by atoms with E-state index < -0.39 is 10.0 Å². The average Bonchev–Trinajstić information content (AvgIpc) is 2.83. The zero-order chi connectivity index (χ0) is 13.9. The molecule has 0 atom stereocenters. The van der Waals surface area contributed by atoms with Crippen molar-refractivity contribution in [1.82, 2.24) is 0 Å². The molecule has 106 valence electrons. The highest BCUT2D eigenvalue weighted by atomic mass is 32.2. The van der Waals surface area contributed by atoms with E-state index in [0.29, 0.717) is 5.69 Å². The fourth-order valence-corrected chi connectivity index (χ4v) is 3.14. The van der Waals surface area contributed by atoms with Crippen molar-refractivity contribution >= 4 is 21.4 Å². The molecule has 5 nitrogen and oxygen atoms in total. The SMILES string of the molecule is Nc1cc(S(N)(=O)=O)ccc1NCCC1CCCC1. The van der Waals surface area contributed by atoms with Crippen LogP contribution in [0.1, 0.15) is 32.1 Å². The minimum Gasteiger partial charge on any atom is -0.397 e. The molecule has 1 fully saturated rings. The van der Waals surface area contributed by atoms with Crippen LogP contribution in [-0.2, 0) is 10.0 Å². The summed E-state index contributed by atoms with van der Waals surface area (Å²) in [6, 6.07) is 4.54. The second kappa shape index (κ2) is 5.79. The van der Waals surface area contributed by atoms with Gasteiger partial charge in [0.05, 0.1) is 16.3 Å². The first-order valence-electron chi connectivity index (χ1n) is 6.63. The lowest BCUT2D eigenvalue weighted by molar-refractivity contribution is 0.519. The Balaban J connectivity index is 1.93. The van der Waals surface area contributed by atoms with Crippen LogP contribution in [0.15, 0.2) is 23.1 Å². The van der Waals surface area contributed by atoms with Gasteiger partial charge in [0, 0.05) is 6.54 Å². The summed E-state index contributed by atoms with van der Waals surface area (Å²) in [6.07, 6.45) is 6.46. The van der Waals surface area contributed by atoms with E-state index in [0.717, 1.165) is 24.6 Å². The van der Waals surface area contributed by atoms with Gasteiger partial charge in [0.1, 0.15) is 0 Å². The van der Waals surface area contributed by atoms with E-state index in [-0.39, 0.29) is 4.90 Å². The molecule has 1 aliphatic rings. The van der Waals surface area contributed by atoms with Gasteiger partial charge in [0.25, 0.3) is 0 Å². The summed E-state index contributed by atoms with van der Waals surface area (Å²) in [5, 5.41) is 8.31. The summed E-state index contributed by atoms with van der Waals surface area (Å²) in [7, 11) is -3.68. The molecular formula is C13H21N3O2S. The lowest BCUT2D eigenvalue weighted by Gasteiger charge is -2.13. The summed E-state index contributed by atoms with van der Waals surface area (Å²) in [5.74, 6) is 0.817. The van der Waals surface area contributed by atoms with Crippen LogP contribution in [0, 0.1) is 5.92 Å². The number of nitrogens with two attached hydrogens (primary N) is 2. The van der Waals surface area contributed by atoms with E-state index in [4.69, 9.17) is 10.9 Å². The molecule has 2 rings (SSSR count). The van der Waals surface area contributed by atoms with Crippen molar-refractivity contribution in [1.29, 1.82) is 0 Å². The molecular weight excluding hydrogens is 262 g/mol. The van der Waals surface area contributed by atoms with Crippen molar-refractivity contribution in [3.8, 4) is 0 Å². The Morgan fingerprint density at radius 2 is 1.95 bits per heavy atom. The number of nitrogen functional groups attached to an aromatic ring is 1. The highest BCUT2D eigenvalue weighted by Gasteiger charge is 2.14. The molecule has 6 heteroatoms. The van der Waals surface area contributed by atoms with E-state index in [1.807, 2.05) is 0 Å². The number of hydrogen-bond donors (Lipinski definition) is 3. The largest absolute Gasteiger partial charge is 0.397 e. The fourth-order valence-electron chi connectivity index (χ4n) is 2.59. The highest BCUT2D eigenvalue weighted by molar-refractivity contribution is 7.89. The predicted octanol–water partition coefficient (Wildman–Crippen LogP) is 1.91. The van der Waals surface area contributed by atoms with Gasteiger partial charge in [-0.15, -0.1) is 0 Å². The minimum absolute atomic E-state index is 0.0475. The van der Waals surface area contributed by atoms with E-state index in [2.05, 4.69) is 5.32 Å². The molecule has 1 aromatic rings. The number of rotatable bonds is 5. The van der Waals surface area contributed by atoms with Crippen molar-refractivity contribution in [3.63, 3.8) is 0 Å². The lowest BCUT2D eigenvalue weighted by atomic mass is 10.0. The lowest BCUT2D eigenvalue weighted by Crippen LogP contribution is -2.13. The molecule has 1 aromatic carbocycles. The molecule has 0 bridgehead atoms. The molecule has 0 aromatic heterocycles. The number of benzene rings is 1. The first-order valence-corrected chi connectivity index (χ1v) is 8.17. The summed E-state index contributed by atoms with van der Waals surface area (Å²) in [5.41, 5.74) is 7.01. The first kappa shape index (κ1) is 14.1. The Bertz CT molecular complexity index is 537. The maximum absolute atomic E-state index is 11.2. The quantitative estimate of drug-likeness (QED) is 0.719. The van der Waals surface area contributed by atoms with Crippen molar-refractivity contribution in [3.05, 3.63) is 18.2 Å². The van der Waals surface area contributed by atoms with E-state index in [1.54, 1.807) is 6.07 Å². The summed E-state index contributed by atoms with van der Waals surface area (Å²) in [4.78, 5) is 0.0475. The van der Waals surface area contributed by atoms with Crippen LogP contribution in [0.5, 0.6) is 0 Å². The molecule has 0 spiro atoms. The van der Waals surface area contributed by atoms with Crippen molar-refractivity contribution in [2.75, 3.05) is 17.6 Å². The smallest absolute Gasteiger partial charge is 0.238 e. The van der Waals surface area contributed by atoms with Gasteiger partial charge < -0.3 is 11.1 Å². The van der Waals surface area contributed by atoms with Gasteiger partial charge in [0.15, 0.2) is 0 Å². The molecule has 1 aliphatic carbocycles. The molecule has 1 saturated carbocycles. The van der Waals surface area contributed by atoms with Crippen molar-refractivity contribution in [2.45, 2.75) is 37.0 Å². The molecule has 0 saturated heterocycles. The summed E-state index contributed by atoms with van der Waals surface area (Å²) < 4.78 is 22.4. The third-order valence-electron chi connectivity index (χ3n) is 3.69. The zero-order valence-electron chi connectivity index (χ0n) is 10.9. The number of nitrogens with one attached hydrogen (secondary N) is 1. The molecule has 5 N–H and O–H groups in total. The van der Waals surface area contributed by atoms with Gasteiger partial charge in [-0.2, -0.15) is 0 Å². The third-order valence-corrected chi connectivity index (χ3v) is 4.61. The summed E-state index contributed by atoms with van der Waals surface area (Å²) in [6.45, 7) is 0.865. The second-order valence-electron chi connectivity index (χ2n) is 5.16. The van der Waals surface area contributed by atoms with E-state index in [9.17, 15) is 8.42 Å². The molecule has 0 unspecified atom stereocenters. The van der Waals surface area contributed by atoms with Crippen LogP contribution >= 0.6 is 0 Å². The van der Waals surface area contributed by atoms with Crippen molar-refractivity contribution in [2.24, 2.45) is 11.1 Å². The second-order valence-corrected chi connectivity index (χ2v) is 6.72. The molecule has 0 amide bonds. The zero-order valence-corrected chi connectivity index (χ0v) is 11.7. The maximum atomic E-state index is 11.2. The molecule has 0 heterocycles. The average molecular weight is 283 g/mol. The van der Waals surface area contributed by atoms with Crippen LogP contribution in [0.3, 0.4) is 0 Å². The van der Waals surface area contributed by atoms with Gasteiger partial charge in [-0.25, -0.2) is 13.6 Å². The fraction of sp³-hybridized carbons (Fsp3) is 0.538. The van der Waals surface area contributed by atoms with Gasteiger partial charge in [-0.1, -0.05) is 25.7 Å². The van der Waals surface area contributed by atoms with Crippen LogP contribution < -0.4 is 16.2 Å². The maximum Gasteiger partial charge on any atom is 0.238 e. The Kier molecular flexibility index (Phi) is 4.31. The number of sulfonamides is 1. The van der Waals surface area contributed by atoms with Crippen LogP contribution in [0.2, 0.25) is 0 Å². The van der Waals surface area contributed by atoms with Gasteiger partial charge in [-0.05, 0) is 30.5 Å². The first-order chi connectivity index (χ1) is 8.97. The Morgan fingerprint density at radius 1 is 1.26 bits per heavy atom. The monoisotopic (exact) mass is 283 g/mol. The molecule has 0 radical (unpaired) electrons. The summed E-state index contributed by atoms with van der Waals surface area (Å²) >= 11 is 0. The highest BCUT2D eigenvalue weighted by Crippen LogP contribution is 2.28. The predicted molar refractivity (Wildman–Crippen MR) is 77.3 cm³/mol. The topological polar surface area (TPSA) is 98.2 Å². The standard InChI is InChI=1S/C13H21N3O2S/c14-12-9-11(19(15,17)18)5-6-13(12)16-8-7-10-3-1-2-4-10/h5-6,9-10,16H,1-4,7-8,14H2,(H2,15,17,18).